The summed E-state index contributed by atoms with van der Waals surface area (Å²) in [6.45, 7) is 0.366. The van der Waals surface area contributed by atoms with Crippen LogP contribution in [0.5, 0.6) is 11.6 Å². The van der Waals surface area contributed by atoms with Crippen molar-refractivity contribution in [1.82, 2.24) is 4.98 Å². The van der Waals surface area contributed by atoms with E-state index in [1.54, 1.807) is 30.5 Å². The first-order valence-electron chi connectivity index (χ1n) is 5.07. The van der Waals surface area contributed by atoms with Crippen LogP contribution in [0.1, 0.15) is 5.56 Å². The Morgan fingerprint density at radius 2 is 1.89 bits per heavy atom. The molecule has 0 aliphatic carbocycles. The number of ether oxygens (including phenoxy) is 1. The Labute approximate surface area is 119 Å². The number of halogens is 3. The van der Waals surface area contributed by atoms with Gasteiger partial charge in [-0.25, -0.2) is 4.98 Å². The lowest BCUT2D eigenvalue weighted by Gasteiger charge is -2.09. The molecule has 0 spiro atoms. The lowest BCUT2D eigenvalue weighted by atomic mass is 10.3. The Hall–Kier alpha value is -1.000. The molecule has 18 heavy (non-hydrogen) atoms. The summed E-state index contributed by atoms with van der Waals surface area (Å²) >= 11 is 17.9. The molecule has 0 radical (unpaired) electrons. The zero-order valence-electron chi connectivity index (χ0n) is 9.16. The van der Waals surface area contributed by atoms with Crippen LogP contribution in [0.2, 0.25) is 15.1 Å². The van der Waals surface area contributed by atoms with E-state index < -0.39 is 0 Å². The summed E-state index contributed by atoms with van der Waals surface area (Å²) in [5, 5.41) is 1.32. The largest absolute Gasteiger partial charge is 0.436 e. The average molecular weight is 304 g/mol. The zero-order valence-corrected chi connectivity index (χ0v) is 11.4. The highest BCUT2D eigenvalue weighted by Crippen LogP contribution is 2.34. The SMILES string of the molecule is NCc1cnc(Oc2cc(Cl)ccc2Cl)c(Cl)c1. The number of pyridine rings is 1. The predicted molar refractivity (Wildman–Crippen MR) is 73.7 cm³/mol. The normalized spacial score (nSPS) is 10.4. The van der Waals surface area contributed by atoms with Crippen molar-refractivity contribution in [1.29, 1.82) is 0 Å². The first kappa shape index (κ1) is 13.4. The number of aromatic nitrogens is 1. The number of rotatable bonds is 3. The summed E-state index contributed by atoms with van der Waals surface area (Å²) in [4.78, 5) is 4.08. The van der Waals surface area contributed by atoms with E-state index in [0.29, 0.717) is 27.4 Å². The third-order valence-corrected chi connectivity index (χ3v) is 3.02. The minimum Gasteiger partial charge on any atom is -0.436 e. The van der Waals surface area contributed by atoms with E-state index in [1.165, 1.54) is 0 Å². The van der Waals surface area contributed by atoms with Crippen LogP contribution >= 0.6 is 34.8 Å². The fourth-order valence-corrected chi connectivity index (χ4v) is 1.86. The van der Waals surface area contributed by atoms with E-state index in [0.717, 1.165) is 5.56 Å². The average Bonchev–Trinajstić information content (AvgIpc) is 2.36. The van der Waals surface area contributed by atoms with Crippen LogP contribution in [-0.4, -0.2) is 4.98 Å². The minimum absolute atomic E-state index is 0.262. The van der Waals surface area contributed by atoms with Crippen molar-refractivity contribution in [3.05, 3.63) is 51.1 Å². The van der Waals surface area contributed by atoms with Crippen molar-refractivity contribution in [3.8, 4) is 11.6 Å². The van der Waals surface area contributed by atoms with E-state index >= 15 is 0 Å². The Morgan fingerprint density at radius 3 is 2.56 bits per heavy atom. The predicted octanol–water partition coefficient (Wildman–Crippen LogP) is 4.29. The first-order valence-corrected chi connectivity index (χ1v) is 6.21. The Kier molecular flexibility index (Phi) is 4.30. The van der Waals surface area contributed by atoms with Crippen molar-refractivity contribution < 1.29 is 4.74 Å². The van der Waals surface area contributed by atoms with Gasteiger partial charge in [-0.15, -0.1) is 0 Å². The molecule has 0 aliphatic heterocycles. The van der Waals surface area contributed by atoms with Gasteiger partial charge in [0.25, 0.3) is 0 Å². The molecule has 0 atom stereocenters. The number of hydrogen-bond donors (Lipinski definition) is 1. The van der Waals surface area contributed by atoms with Crippen molar-refractivity contribution in [3.63, 3.8) is 0 Å². The van der Waals surface area contributed by atoms with Crippen LogP contribution < -0.4 is 10.5 Å². The maximum atomic E-state index is 6.03. The van der Waals surface area contributed by atoms with Gasteiger partial charge in [-0.2, -0.15) is 0 Å². The molecular formula is C12H9Cl3N2O. The summed E-state index contributed by atoms with van der Waals surface area (Å²) < 4.78 is 5.52. The van der Waals surface area contributed by atoms with Crippen molar-refractivity contribution in [2.45, 2.75) is 6.54 Å². The molecule has 6 heteroatoms. The van der Waals surface area contributed by atoms with E-state index in [1.807, 2.05) is 0 Å². The highest BCUT2D eigenvalue weighted by molar-refractivity contribution is 6.34. The van der Waals surface area contributed by atoms with Crippen LogP contribution in [0.4, 0.5) is 0 Å². The highest BCUT2D eigenvalue weighted by atomic mass is 35.5. The molecule has 0 bridgehead atoms. The van der Waals surface area contributed by atoms with Gasteiger partial charge in [0, 0.05) is 23.8 Å². The van der Waals surface area contributed by atoms with Crippen LogP contribution in [0.3, 0.4) is 0 Å². The molecule has 2 aromatic rings. The molecular weight excluding hydrogens is 295 g/mol. The monoisotopic (exact) mass is 302 g/mol. The number of benzene rings is 1. The topological polar surface area (TPSA) is 48.1 Å². The summed E-state index contributed by atoms with van der Waals surface area (Å²) in [7, 11) is 0. The molecule has 1 heterocycles. The minimum atomic E-state index is 0.262. The van der Waals surface area contributed by atoms with E-state index in [9.17, 15) is 0 Å². The van der Waals surface area contributed by atoms with Crippen LogP contribution in [0.25, 0.3) is 0 Å². The van der Waals surface area contributed by atoms with Gasteiger partial charge in [0.2, 0.25) is 5.88 Å². The third kappa shape index (κ3) is 3.06. The van der Waals surface area contributed by atoms with Crippen molar-refractivity contribution in [2.75, 3.05) is 0 Å². The van der Waals surface area contributed by atoms with Gasteiger partial charge in [-0.05, 0) is 23.8 Å². The van der Waals surface area contributed by atoms with Gasteiger partial charge >= 0.3 is 0 Å². The molecule has 0 unspecified atom stereocenters. The molecule has 0 saturated carbocycles. The summed E-state index contributed by atoms with van der Waals surface area (Å²) in [5.74, 6) is 0.664. The Balaban J connectivity index is 2.31. The quantitative estimate of drug-likeness (QED) is 0.920. The maximum absolute atomic E-state index is 6.03. The molecule has 1 aromatic carbocycles. The van der Waals surface area contributed by atoms with Gasteiger partial charge in [0.1, 0.15) is 10.8 Å². The van der Waals surface area contributed by atoms with E-state index in [-0.39, 0.29) is 5.88 Å². The molecule has 0 fully saturated rings. The molecule has 2 rings (SSSR count). The lowest BCUT2D eigenvalue weighted by Crippen LogP contribution is -1.98. The van der Waals surface area contributed by atoms with Gasteiger partial charge in [0.05, 0.1) is 5.02 Å². The van der Waals surface area contributed by atoms with Gasteiger partial charge in [-0.1, -0.05) is 34.8 Å². The smallest absolute Gasteiger partial charge is 0.238 e. The fraction of sp³-hybridized carbons (Fsp3) is 0.0833. The second-order valence-electron chi connectivity index (χ2n) is 3.51. The van der Waals surface area contributed by atoms with E-state index in [4.69, 9.17) is 45.3 Å². The zero-order chi connectivity index (χ0) is 13.1. The molecule has 0 amide bonds. The summed E-state index contributed by atoms with van der Waals surface area (Å²) in [5.41, 5.74) is 6.31. The number of hydrogen-bond acceptors (Lipinski definition) is 3. The van der Waals surface area contributed by atoms with Gasteiger partial charge in [-0.3, -0.25) is 0 Å². The molecule has 0 aliphatic rings. The Morgan fingerprint density at radius 1 is 1.11 bits per heavy atom. The summed E-state index contributed by atoms with van der Waals surface area (Å²) in [6, 6.07) is 6.60. The molecule has 0 saturated heterocycles. The first-order chi connectivity index (χ1) is 8.60. The number of nitrogens with zero attached hydrogens (tertiary/aromatic N) is 1. The second-order valence-corrected chi connectivity index (χ2v) is 4.76. The highest BCUT2D eigenvalue weighted by Gasteiger charge is 2.09. The van der Waals surface area contributed by atoms with Crippen LogP contribution in [0.15, 0.2) is 30.5 Å². The van der Waals surface area contributed by atoms with E-state index in [2.05, 4.69) is 4.98 Å². The van der Waals surface area contributed by atoms with Crippen molar-refractivity contribution in [2.24, 2.45) is 5.73 Å². The van der Waals surface area contributed by atoms with Crippen molar-refractivity contribution >= 4 is 34.8 Å². The molecule has 94 valence electrons. The molecule has 2 N–H and O–H groups in total. The lowest BCUT2D eigenvalue weighted by molar-refractivity contribution is 0.463. The Bertz CT molecular complexity index is 575. The van der Waals surface area contributed by atoms with Gasteiger partial charge in [0.15, 0.2) is 0 Å². The second kappa shape index (κ2) is 5.76. The fourth-order valence-electron chi connectivity index (χ4n) is 1.31. The standard InChI is InChI=1S/C12H9Cl3N2O/c13-8-1-2-9(14)11(4-8)18-12-10(15)3-7(5-16)6-17-12/h1-4,6H,5,16H2. The molecule has 3 nitrogen and oxygen atoms in total. The number of nitrogens with two attached hydrogens (primary N) is 1. The third-order valence-electron chi connectivity index (χ3n) is 2.20. The van der Waals surface area contributed by atoms with Gasteiger partial charge < -0.3 is 10.5 Å². The van der Waals surface area contributed by atoms with Crippen LogP contribution in [0, 0.1) is 0 Å². The maximum Gasteiger partial charge on any atom is 0.238 e. The summed E-state index contributed by atoms with van der Waals surface area (Å²) in [6.07, 6.45) is 1.60. The van der Waals surface area contributed by atoms with Crippen LogP contribution in [-0.2, 0) is 6.54 Å². The molecule has 1 aromatic heterocycles.